The molecule has 18 heavy (non-hydrogen) atoms. The Balaban J connectivity index is 1.57. The highest BCUT2D eigenvalue weighted by Crippen LogP contribution is 2.14. The van der Waals surface area contributed by atoms with Gasteiger partial charge >= 0.3 is 0 Å². The molecule has 0 atom stereocenters. The van der Waals surface area contributed by atoms with Crippen molar-refractivity contribution in [2.24, 2.45) is 0 Å². The van der Waals surface area contributed by atoms with E-state index in [0.717, 1.165) is 32.3 Å². The number of hydrogen-bond acceptors (Lipinski definition) is 4. The van der Waals surface area contributed by atoms with Crippen LogP contribution in [0.25, 0.3) is 0 Å². The molecule has 0 aromatic carbocycles. The normalized spacial score (nSPS) is 24.5. The Morgan fingerprint density at radius 3 is 2.44 bits per heavy atom. The van der Waals surface area contributed by atoms with Gasteiger partial charge in [-0.05, 0) is 45.2 Å². The number of methoxy groups -OCH3 is 1. The molecule has 0 amide bonds. The molecule has 0 radical (unpaired) electrons. The number of nitrogens with zero attached hydrogens (tertiary/aromatic N) is 1. The standard InChI is InChI=1S/C14H28N2O2/c1-17-10-2-7-16-8-3-13(4-9-16)15-14-5-11-18-12-6-14/h13-15H,2-12H2,1H3. The molecule has 2 fully saturated rings. The van der Waals surface area contributed by atoms with Gasteiger partial charge in [0.25, 0.3) is 0 Å². The van der Waals surface area contributed by atoms with Crippen molar-refractivity contribution in [1.29, 1.82) is 0 Å². The third kappa shape index (κ3) is 4.84. The number of nitrogens with one attached hydrogen (secondary N) is 1. The number of likely N-dealkylation sites (tertiary alicyclic amines) is 1. The maximum atomic E-state index is 5.40. The highest BCUT2D eigenvalue weighted by atomic mass is 16.5. The van der Waals surface area contributed by atoms with E-state index in [0.29, 0.717) is 6.04 Å². The molecular formula is C14H28N2O2. The highest BCUT2D eigenvalue weighted by molar-refractivity contribution is 4.81. The molecule has 0 unspecified atom stereocenters. The molecule has 2 heterocycles. The third-order valence-corrected chi connectivity index (χ3v) is 4.10. The Hall–Kier alpha value is -0.160. The summed E-state index contributed by atoms with van der Waals surface area (Å²) in [5.41, 5.74) is 0. The van der Waals surface area contributed by atoms with E-state index in [1.165, 1.54) is 45.3 Å². The van der Waals surface area contributed by atoms with E-state index in [2.05, 4.69) is 10.2 Å². The molecule has 4 heteroatoms. The first-order chi connectivity index (χ1) is 8.88. The smallest absolute Gasteiger partial charge is 0.0480 e. The number of piperidine rings is 1. The Kier molecular flexibility index (Phi) is 6.41. The first kappa shape index (κ1) is 14.3. The van der Waals surface area contributed by atoms with Crippen molar-refractivity contribution in [3.05, 3.63) is 0 Å². The van der Waals surface area contributed by atoms with Gasteiger partial charge in [0.15, 0.2) is 0 Å². The molecule has 0 aromatic heterocycles. The van der Waals surface area contributed by atoms with Crippen LogP contribution in [0.2, 0.25) is 0 Å². The predicted octanol–water partition coefficient (Wildman–Crippen LogP) is 1.26. The summed E-state index contributed by atoms with van der Waals surface area (Å²) < 4.78 is 10.5. The summed E-state index contributed by atoms with van der Waals surface area (Å²) in [5.74, 6) is 0. The van der Waals surface area contributed by atoms with E-state index < -0.39 is 0 Å². The highest BCUT2D eigenvalue weighted by Gasteiger charge is 2.22. The SMILES string of the molecule is COCCCN1CCC(NC2CCOCC2)CC1. The van der Waals surface area contributed by atoms with Crippen LogP contribution in [0.15, 0.2) is 0 Å². The molecule has 1 N–H and O–H groups in total. The van der Waals surface area contributed by atoms with Gasteiger partial charge in [0.05, 0.1) is 0 Å². The average Bonchev–Trinajstić information content (AvgIpc) is 2.42. The fourth-order valence-corrected chi connectivity index (χ4v) is 2.95. The minimum absolute atomic E-state index is 0.698. The Morgan fingerprint density at radius 2 is 1.78 bits per heavy atom. The zero-order valence-electron chi connectivity index (χ0n) is 11.7. The van der Waals surface area contributed by atoms with E-state index in [4.69, 9.17) is 9.47 Å². The molecule has 2 rings (SSSR count). The second kappa shape index (κ2) is 8.10. The summed E-state index contributed by atoms with van der Waals surface area (Å²) in [6.07, 6.45) is 6.13. The van der Waals surface area contributed by atoms with Crippen LogP contribution in [-0.4, -0.2) is 63.5 Å². The molecule has 2 aliphatic rings. The van der Waals surface area contributed by atoms with Gasteiger partial charge in [0, 0.05) is 45.6 Å². The zero-order valence-corrected chi connectivity index (χ0v) is 11.7. The lowest BCUT2D eigenvalue weighted by atomic mass is 10.0. The maximum Gasteiger partial charge on any atom is 0.0480 e. The van der Waals surface area contributed by atoms with Gasteiger partial charge in [-0.3, -0.25) is 0 Å². The molecule has 4 nitrogen and oxygen atoms in total. The first-order valence-electron chi connectivity index (χ1n) is 7.43. The summed E-state index contributed by atoms with van der Waals surface area (Å²) >= 11 is 0. The molecule has 0 saturated carbocycles. The van der Waals surface area contributed by atoms with Gasteiger partial charge in [0.1, 0.15) is 0 Å². The number of ether oxygens (including phenoxy) is 2. The second-order valence-corrected chi connectivity index (χ2v) is 5.52. The lowest BCUT2D eigenvalue weighted by molar-refractivity contribution is 0.0702. The van der Waals surface area contributed by atoms with Crippen LogP contribution in [0.3, 0.4) is 0 Å². The summed E-state index contributed by atoms with van der Waals surface area (Å²) in [7, 11) is 1.78. The van der Waals surface area contributed by atoms with E-state index in [1.54, 1.807) is 7.11 Å². The van der Waals surface area contributed by atoms with Crippen LogP contribution < -0.4 is 5.32 Å². The van der Waals surface area contributed by atoms with Gasteiger partial charge in [0.2, 0.25) is 0 Å². The van der Waals surface area contributed by atoms with Crippen molar-refractivity contribution in [2.75, 3.05) is 46.6 Å². The maximum absolute atomic E-state index is 5.40. The minimum Gasteiger partial charge on any atom is -0.385 e. The Labute approximate surface area is 111 Å². The molecule has 0 aromatic rings. The second-order valence-electron chi connectivity index (χ2n) is 5.52. The monoisotopic (exact) mass is 256 g/mol. The van der Waals surface area contributed by atoms with Crippen LogP contribution in [0.5, 0.6) is 0 Å². The molecule has 106 valence electrons. The van der Waals surface area contributed by atoms with Crippen molar-refractivity contribution < 1.29 is 9.47 Å². The van der Waals surface area contributed by atoms with Gasteiger partial charge in [-0.25, -0.2) is 0 Å². The molecule has 0 aliphatic carbocycles. The minimum atomic E-state index is 0.698. The fraction of sp³-hybridized carbons (Fsp3) is 1.00. The van der Waals surface area contributed by atoms with Crippen molar-refractivity contribution in [1.82, 2.24) is 10.2 Å². The van der Waals surface area contributed by atoms with Crippen molar-refractivity contribution in [2.45, 2.75) is 44.2 Å². The molecule has 2 saturated heterocycles. The van der Waals surface area contributed by atoms with Crippen molar-refractivity contribution in [3.8, 4) is 0 Å². The van der Waals surface area contributed by atoms with Gasteiger partial charge < -0.3 is 19.7 Å². The first-order valence-corrected chi connectivity index (χ1v) is 7.43. The van der Waals surface area contributed by atoms with Crippen LogP contribution >= 0.6 is 0 Å². The fourth-order valence-electron chi connectivity index (χ4n) is 2.95. The van der Waals surface area contributed by atoms with Gasteiger partial charge in [-0.2, -0.15) is 0 Å². The van der Waals surface area contributed by atoms with Crippen LogP contribution in [0.1, 0.15) is 32.1 Å². The molecule has 0 bridgehead atoms. The molecule has 2 aliphatic heterocycles. The van der Waals surface area contributed by atoms with Crippen LogP contribution in [-0.2, 0) is 9.47 Å². The topological polar surface area (TPSA) is 33.7 Å². The molecular weight excluding hydrogens is 228 g/mol. The Bertz CT molecular complexity index is 212. The van der Waals surface area contributed by atoms with Gasteiger partial charge in [-0.1, -0.05) is 0 Å². The third-order valence-electron chi connectivity index (χ3n) is 4.10. The summed E-state index contributed by atoms with van der Waals surface area (Å²) in [5, 5.41) is 3.81. The summed E-state index contributed by atoms with van der Waals surface area (Å²) in [6.45, 7) is 6.44. The molecule has 0 spiro atoms. The van der Waals surface area contributed by atoms with E-state index in [-0.39, 0.29) is 0 Å². The van der Waals surface area contributed by atoms with Crippen LogP contribution in [0.4, 0.5) is 0 Å². The van der Waals surface area contributed by atoms with Crippen molar-refractivity contribution in [3.63, 3.8) is 0 Å². The average molecular weight is 256 g/mol. The Morgan fingerprint density at radius 1 is 1.11 bits per heavy atom. The lowest BCUT2D eigenvalue weighted by Gasteiger charge is -2.35. The lowest BCUT2D eigenvalue weighted by Crippen LogP contribution is -2.47. The zero-order chi connectivity index (χ0) is 12.6. The summed E-state index contributed by atoms with van der Waals surface area (Å²) in [4.78, 5) is 2.57. The van der Waals surface area contributed by atoms with Gasteiger partial charge in [-0.15, -0.1) is 0 Å². The van der Waals surface area contributed by atoms with E-state index in [1.807, 2.05) is 0 Å². The van der Waals surface area contributed by atoms with Crippen LogP contribution in [0, 0.1) is 0 Å². The largest absolute Gasteiger partial charge is 0.385 e. The van der Waals surface area contributed by atoms with Crippen molar-refractivity contribution >= 4 is 0 Å². The van der Waals surface area contributed by atoms with E-state index >= 15 is 0 Å². The quantitative estimate of drug-likeness (QED) is 0.725. The predicted molar refractivity (Wildman–Crippen MR) is 72.9 cm³/mol. The number of hydrogen-bond donors (Lipinski definition) is 1. The van der Waals surface area contributed by atoms with E-state index in [9.17, 15) is 0 Å². The summed E-state index contributed by atoms with van der Waals surface area (Å²) in [6, 6.07) is 1.43. The number of rotatable bonds is 6.